The van der Waals surface area contributed by atoms with Crippen molar-refractivity contribution in [2.45, 2.75) is 12.8 Å². The summed E-state index contributed by atoms with van der Waals surface area (Å²) in [4.78, 5) is 4.28. The Bertz CT molecular complexity index is 365. The zero-order valence-corrected chi connectivity index (χ0v) is 11.8. The van der Waals surface area contributed by atoms with Crippen LogP contribution in [0, 0.1) is 0 Å². The van der Waals surface area contributed by atoms with Gasteiger partial charge in [-0.05, 0) is 49.1 Å². The molecule has 0 aliphatic rings. The summed E-state index contributed by atoms with van der Waals surface area (Å²) in [5.74, 6) is 2.47. The molecule has 0 bridgehead atoms. The number of aliphatic imine (C=N–C) groups is 1. The molecule has 100 valence electrons. The highest BCUT2D eigenvalue weighted by molar-refractivity contribution is 7.98. The van der Waals surface area contributed by atoms with Crippen molar-refractivity contribution in [1.82, 2.24) is 0 Å². The molecule has 0 heterocycles. The largest absolute Gasteiger partial charge is 0.497 e. The summed E-state index contributed by atoms with van der Waals surface area (Å²) >= 11 is 1.86. The first kappa shape index (κ1) is 14.7. The minimum atomic E-state index is 0.462. The van der Waals surface area contributed by atoms with Crippen LogP contribution < -0.4 is 15.8 Å². The molecule has 0 aliphatic heterocycles. The first-order chi connectivity index (χ1) is 8.76. The fourth-order valence-corrected chi connectivity index (χ4v) is 1.91. The van der Waals surface area contributed by atoms with Crippen molar-refractivity contribution in [3.63, 3.8) is 0 Å². The van der Waals surface area contributed by atoms with Crippen LogP contribution in [0.25, 0.3) is 0 Å². The molecule has 5 heteroatoms. The second-order valence-corrected chi connectivity index (χ2v) is 4.81. The Kier molecular flexibility index (Phi) is 7.10. The van der Waals surface area contributed by atoms with Crippen molar-refractivity contribution < 1.29 is 4.74 Å². The van der Waals surface area contributed by atoms with Crippen molar-refractivity contribution in [2.24, 2.45) is 10.7 Å². The average Bonchev–Trinajstić information content (AvgIpc) is 2.39. The van der Waals surface area contributed by atoms with Crippen molar-refractivity contribution >= 4 is 23.4 Å². The highest BCUT2D eigenvalue weighted by Crippen LogP contribution is 2.14. The topological polar surface area (TPSA) is 59.6 Å². The number of nitrogens with two attached hydrogens (primary N) is 1. The minimum Gasteiger partial charge on any atom is -0.497 e. The Balaban J connectivity index is 2.33. The summed E-state index contributed by atoms with van der Waals surface area (Å²) < 4.78 is 5.09. The molecule has 1 aromatic rings. The van der Waals surface area contributed by atoms with Crippen molar-refractivity contribution in [2.75, 3.05) is 31.0 Å². The fraction of sp³-hybridized carbons (Fsp3) is 0.462. The fourth-order valence-electron chi connectivity index (χ4n) is 1.42. The summed E-state index contributed by atoms with van der Waals surface area (Å²) in [6.07, 6.45) is 4.37. The van der Waals surface area contributed by atoms with Crippen LogP contribution in [0.2, 0.25) is 0 Å². The molecule has 0 saturated carbocycles. The highest BCUT2D eigenvalue weighted by atomic mass is 32.2. The molecular weight excluding hydrogens is 246 g/mol. The lowest BCUT2D eigenvalue weighted by molar-refractivity contribution is 0.415. The Hall–Kier alpha value is -1.36. The summed E-state index contributed by atoms with van der Waals surface area (Å²) in [7, 11) is 1.65. The molecule has 0 radical (unpaired) electrons. The molecule has 1 rings (SSSR count). The number of ether oxygens (including phenoxy) is 1. The molecule has 0 fully saturated rings. The third-order valence-corrected chi connectivity index (χ3v) is 3.10. The number of nitrogens with zero attached hydrogens (tertiary/aromatic N) is 1. The van der Waals surface area contributed by atoms with Crippen molar-refractivity contribution in [1.29, 1.82) is 0 Å². The van der Waals surface area contributed by atoms with Gasteiger partial charge in [-0.25, -0.2) is 0 Å². The van der Waals surface area contributed by atoms with E-state index in [-0.39, 0.29) is 0 Å². The standard InChI is InChI=1S/C13H21N3OS/c1-17-12-7-5-11(6-8-12)16-13(14)15-9-3-4-10-18-2/h5-8H,3-4,9-10H2,1-2H3,(H3,14,15,16). The molecule has 18 heavy (non-hydrogen) atoms. The van der Waals surface area contributed by atoms with Crippen LogP contribution in [0.4, 0.5) is 5.69 Å². The second-order valence-electron chi connectivity index (χ2n) is 3.82. The summed E-state index contributed by atoms with van der Waals surface area (Å²) in [6, 6.07) is 7.59. The van der Waals surface area contributed by atoms with Gasteiger partial charge < -0.3 is 15.8 Å². The maximum Gasteiger partial charge on any atom is 0.193 e. The molecule has 0 unspecified atom stereocenters. The zero-order chi connectivity index (χ0) is 13.2. The zero-order valence-electron chi connectivity index (χ0n) is 11.0. The molecule has 1 aromatic carbocycles. The summed E-state index contributed by atoms with van der Waals surface area (Å²) in [6.45, 7) is 0.773. The number of anilines is 1. The maximum atomic E-state index is 5.79. The van der Waals surface area contributed by atoms with Crippen LogP contribution in [0.3, 0.4) is 0 Å². The van der Waals surface area contributed by atoms with E-state index in [0.29, 0.717) is 5.96 Å². The number of rotatable bonds is 7. The van der Waals surface area contributed by atoms with Gasteiger partial charge in [-0.3, -0.25) is 4.99 Å². The lowest BCUT2D eigenvalue weighted by Crippen LogP contribution is -2.22. The third kappa shape index (κ3) is 5.82. The van der Waals surface area contributed by atoms with Gasteiger partial charge in [-0.15, -0.1) is 0 Å². The van der Waals surface area contributed by atoms with Crippen molar-refractivity contribution in [3.8, 4) is 5.75 Å². The molecule has 0 spiro atoms. The normalized spacial score (nSPS) is 11.3. The maximum absolute atomic E-state index is 5.79. The molecular formula is C13H21N3OS. The van der Waals surface area contributed by atoms with Crippen LogP contribution in [0.1, 0.15) is 12.8 Å². The molecule has 4 nitrogen and oxygen atoms in total. The molecule has 0 amide bonds. The lowest BCUT2D eigenvalue weighted by Gasteiger charge is -2.06. The number of nitrogens with one attached hydrogen (secondary N) is 1. The quantitative estimate of drug-likeness (QED) is 0.453. The SMILES string of the molecule is COc1ccc(NC(N)=NCCCCSC)cc1. The van der Waals surface area contributed by atoms with Gasteiger partial charge in [-0.1, -0.05) is 0 Å². The van der Waals surface area contributed by atoms with Crippen LogP contribution in [-0.4, -0.2) is 31.6 Å². The third-order valence-electron chi connectivity index (χ3n) is 2.40. The Labute approximate surface area is 113 Å². The molecule has 0 aliphatic carbocycles. The van der Waals surface area contributed by atoms with Gasteiger partial charge in [0.1, 0.15) is 5.75 Å². The van der Waals surface area contributed by atoms with E-state index in [1.165, 1.54) is 12.2 Å². The monoisotopic (exact) mass is 267 g/mol. The first-order valence-corrected chi connectivity index (χ1v) is 7.35. The van der Waals surface area contributed by atoms with Crippen LogP contribution in [0.15, 0.2) is 29.3 Å². The summed E-state index contributed by atoms with van der Waals surface area (Å²) in [5.41, 5.74) is 6.71. The van der Waals surface area contributed by atoms with Gasteiger partial charge in [0.05, 0.1) is 7.11 Å². The minimum absolute atomic E-state index is 0.462. The van der Waals surface area contributed by atoms with E-state index in [9.17, 15) is 0 Å². The van der Waals surface area contributed by atoms with Gasteiger partial charge in [0.15, 0.2) is 5.96 Å². The van der Waals surface area contributed by atoms with Crippen LogP contribution >= 0.6 is 11.8 Å². The Morgan fingerprint density at radius 1 is 1.33 bits per heavy atom. The number of unbranched alkanes of at least 4 members (excludes halogenated alkanes) is 1. The van der Waals surface area contributed by atoms with E-state index in [2.05, 4.69) is 16.6 Å². The first-order valence-electron chi connectivity index (χ1n) is 5.96. The molecule has 3 N–H and O–H groups in total. The summed E-state index contributed by atoms with van der Waals surface area (Å²) in [5, 5.41) is 3.05. The van der Waals surface area contributed by atoms with E-state index < -0.39 is 0 Å². The lowest BCUT2D eigenvalue weighted by atomic mass is 10.3. The highest BCUT2D eigenvalue weighted by Gasteiger charge is 1.96. The van der Waals surface area contributed by atoms with E-state index in [1.807, 2.05) is 36.0 Å². The predicted molar refractivity (Wildman–Crippen MR) is 80.7 cm³/mol. The number of guanidine groups is 1. The molecule has 0 saturated heterocycles. The number of methoxy groups -OCH3 is 1. The smallest absolute Gasteiger partial charge is 0.193 e. The van der Waals surface area contributed by atoms with Gasteiger partial charge in [-0.2, -0.15) is 11.8 Å². The molecule has 0 aromatic heterocycles. The van der Waals surface area contributed by atoms with Gasteiger partial charge in [0, 0.05) is 12.2 Å². The van der Waals surface area contributed by atoms with E-state index >= 15 is 0 Å². The second kappa shape index (κ2) is 8.69. The number of hydrogen-bond donors (Lipinski definition) is 2. The van der Waals surface area contributed by atoms with Crippen LogP contribution in [-0.2, 0) is 0 Å². The molecule has 0 atom stereocenters. The van der Waals surface area contributed by atoms with E-state index in [0.717, 1.165) is 24.4 Å². The average molecular weight is 267 g/mol. The Morgan fingerprint density at radius 2 is 2.06 bits per heavy atom. The van der Waals surface area contributed by atoms with Gasteiger partial charge in [0.2, 0.25) is 0 Å². The van der Waals surface area contributed by atoms with Gasteiger partial charge in [0.25, 0.3) is 0 Å². The number of benzene rings is 1. The number of hydrogen-bond acceptors (Lipinski definition) is 3. The van der Waals surface area contributed by atoms with E-state index in [4.69, 9.17) is 10.5 Å². The van der Waals surface area contributed by atoms with Crippen molar-refractivity contribution in [3.05, 3.63) is 24.3 Å². The Morgan fingerprint density at radius 3 is 2.67 bits per heavy atom. The van der Waals surface area contributed by atoms with E-state index in [1.54, 1.807) is 7.11 Å². The van der Waals surface area contributed by atoms with Gasteiger partial charge >= 0.3 is 0 Å². The number of thioether (sulfide) groups is 1. The predicted octanol–water partition coefficient (Wildman–Crippen LogP) is 2.57. The van der Waals surface area contributed by atoms with Crippen LogP contribution in [0.5, 0.6) is 5.75 Å².